The Morgan fingerprint density at radius 3 is 2.21 bits per heavy atom. The van der Waals surface area contributed by atoms with Crippen LogP contribution in [0.5, 0.6) is 0 Å². The summed E-state index contributed by atoms with van der Waals surface area (Å²) in [5.41, 5.74) is 1.89. The van der Waals surface area contributed by atoms with Crippen molar-refractivity contribution in [3.63, 3.8) is 0 Å². The van der Waals surface area contributed by atoms with Crippen molar-refractivity contribution < 1.29 is 9.59 Å². The Morgan fingerprint density at radius 2 is 1.57 bits per heavy atom. The second-order valence-corrected chi connectivity index (χ2v) is 7.40. The van der Waals surface area contributed by atoms with Gasteiger partial charge in [0.25, 0.3) is 0 Å². The Labute approximate surface area is 170 Å². The summed E-state index contributed by atoms with van der Waals surface area (Å²) < 4.78 is 0. The minimum absolute atomic E-state index is 0.0829. The molecule has 28 heavy (non-hydrogen) atoms. The van der Waals surface area contributed by atoms with Crippen molar-refractivity contribution in [2.75, 3.05) is 45.1 Å². The van der Waals surface area contributed by atoms with Gasteiger partial charge in [-0.3, -0.25) is 9.69 Å². The lowest BCUT2D eigenvalue weighted by molar-refractivity contribution is -0.133. The van der Waals surface area contributed by atoms with Crippen LogP contribution in [0.25, 0.3) is 0 Å². The molecule has 2 aromatic rings. The van der Waals surface area contributed by atoms with Crippen LogP contribution in [0.15, 0.2) is 54.6 Å². The Morgan fingerprint density at radius 1 is 0.964 bits per heavy atom. The fourth-order valence-electron chi connectivity index (χ4n) is 3.17. The van der Waals surface area contributed by atoms with Crippen LogP contribution in [0.4, 0.5) is 10.5 Å². The van der Waals surface area contributed by atoms with Crippen molar-refractivity contribution in [3.8, 4) is 0 Å². The smallest absolute Gasteiger partial charge is 0.321 e. The molecule has 3 amide bonds. The Hall–Kier alpha value is -2.57. The first-order valence-corrected chi connectivity index (χ1v) is 9.71. The third-order valence-corrected chi connectivity index (χ3v) is 4.97. The van der Waals surface area contributed by atoms with E-state index in [1.165, 1.54) is 0 Å². The third kappa shape index (κ3) is 5.71. The molecule has 0 spiro atoms. The molecule has 0 aliphatic carbocycles. The van der Waals surface area contributed by atoms with E-state index < -0.39 is 0 Å². The third-order valence-electron chi connectivity index (χ3n) is 4.72. The summed E-state index contributed by atoms with van der Waals surface area (Å²) in [6.45, 7) is 3.20. The van der Waals surface area contributed by atoms with Gasteiger partial charge in [-0.05, 0) is 36.9 Å². The highest BCUT2D eigenvalue weighted by molar-refractivity contribution is 6.30. The molecule has 148 valence electrons. The van der Waals surface area contributed by atoms with Crippen LogP contribution in [0, 0.1) is 0 Å². The number of piperazine rings is 1. The van der Waals surface area contributed by atoms with Crippen LogP contribution < -0.4 is 5.32 Å². The molecule has 0 radical (unpaired) electrons. The number of nitrogens with one attached hydrogen (secondary N) is 1. The second-order valence-electron chi connectivity index (χ2n) is 6.96. The number of halogens is 1. The van der Waals surface area contributed by atoms with Gasteiger partial charge < -0.3 is 15.1 Å². The topological polar surface area (TPSA) is 55.9 Å². The highest BCUT2D eigenvalue weighted by Gasteiger charge is 2.24. The predicted molar refractivity (Wildman–Crippen MR) is 111 cm³/mol. The predicted octanol–water partition coefficient (Wildman–Crippen LogP) is 3.15. The average molecular weight is 401 g/mol. The number of nitrogens with zero attached hydrogens (tertiary/aromatic N) is 3. The van der Waals surface area contributed by atoms with Gasteiger partial charge in [-0.1, -0.05) is 41.9 Å². The molecule has 0 saturated carbocycles. The van der Waals surface area contributed by atoms with Crippen molar-refractivity contribution in [3.05, 3.63) is 65.2 Å². The highest BCUT2D eigenvalue weighted by Crippen LogP contribution is 2.12. The van der Waals surface area contributed by atoms with Crippen LogP contribution in [0.2, 0.25) is 5.02 Å². The number of rotatable bonds is 5. The lowest BCUT2D eigenvalue weighted by Crippen LogP contribution is -2.53. The molecular formula is C21H25ClN4O2. The molecule has 1 N–H and O–H groups in total. The maximum Gasteiger partial charge on any atom is 0.321 e. The highest BCUT2D eigenvalue weighted by atomic mass is 35.5. The molecule has 1 heterocycles. The van der Waals surface area contributed by atoms with Crippen LogP contribution >= 0.6 is 11.6 Å². The van der Waals surface area contributed by atoms with Gasteiger partial charge >= 0.3 is 6.03 Å². The number of hydrogen-bond acceptors (Lipinski definition) is 3. The molecule has 0 aromatic heterocycles. The summed E-state index contributed by atoms with van der Waals surface area (Å²) >= 11 is 5.91. The molecule has 1 aliphatic rings. The van der Waals surface area contributed by atoms with Crippen molar-refractivity contribution in [2.45, 2.75) is 6.54 Å². The molecule has 1 fully saturated rings. The van der Waals surface area contributed by atoms with E-state index in [9.17, 15) is 9.59 Å². The summed E-state index contributed by atoms with van der Waals surface area (Å²) in [7, 11) is 1.93. The number of likely N-dealkylation sites (N-methyl/N-ethyl adjacent to an activating group) is 1. The van der Waals surface area contributed by atoms with Crippen LogP contribution in [0.1, 0.15) is 5.56 Å². The minimum atomic E-state index is -0.127. The van der Waals surface area contributed by atoms with Crippen molar-refractivity contribution in [2.24, 2.45) is 0 Å². The lowest BCUT2D eigenvalue weighted by Gasteiger charge is -2.35. The summed E-state index contributed by atoms with van der Waals surface area (Å²) in [6, 6.07) is 16.9. The SMILES string of the molecule is CN(CC(=O)N1CCN(C(=O)Nc2ccccc2)CC1)Cc1ccc(Cl)cc1. The lowest BCUT2D eigenvalue weighted by atomic mass is 10.2. The Bertz CT molecular complexity index is 790. The largest absolute Gasteiger partial charge is 0.338 e. The van der Waals surface area contributed by atoms with E-state index in [1.54, 1.807) is 4.90 Å². The standard InChI is InChI=1S/C21H25ClN4O2/c1-24(15-17-7-9-18(22)10-8-17)16-20(27)25-11-13-26(14-12-25)21(28)23-19-5-3-2-4-6-19/h2-10H,11-16H2,1H3,(H,23,28). The molecule has 2 aromatic carbocycles. The van der Waals surface area contributed by atoms with Gasteiger partial charge in [-0.2, -0.15) is 0 Å². The first-order valence-electron chi connectivity index (χ1n) is 9.33. The van der Waals surface area contributed by atoms with Gasteiger partial charge in [0, 0.05) is 43.4 Å². The van der Waals surface area contributed by atoms with Crippen LogP contribution in [0.3, 0.4) is 0 Å². The summed E-state index contributed by atoms with van der Waals surface area (Å²) in [5, 5.41) is 3.59. The van der Waals surface area contributed by atoms with E-state index in [4.69, 9.17) is 11.6 Å². The van der Waals surface area contributed by atoms with Gasteiger partial charge in [0.2, 0.25) is 5.91 Å². The zero-order valence-electron chi connectivity index (χ0n) is 16.0. The summed E-state index contributed by atoms with van der Waals surface area (Å²) in [5.74, 6) is 0.0829. The van der Waals surface area contributed by atoms with Crippen molar-refractivity contribution in [1.82, 2.24) is 14.7 Å². The normalized spacial score (nSPS) is 14.2. The van der Waals surface area contributed by atoms with Crippen LogP contribution in [-0.4, -0.2) is 66.4 Å². The van der Waals surface area contributed by atoms with Gasteiger partial charge in [-0.25, -0.2) is 4.79 Å². The van der Waals surface area contributed by atoms with Crippen molar-refractivity contribution >= 4 is 29.2 Å². The average Bonchev–Trinajstić information content (AvgIpc) is 2.70. The Balaban J connectivity index is 1.43. The van der Waals surface area contributed by atoms with Crippen molar-refractivity contribution in [1.29, 1.82) is 0 Å². The number of anilines is 1. The molecule has 6 nitrogen and oxygen atoms in total. The van der Waals surface area contributed by atoms with E-state index in [2.05, 4.69) is 5.32 Å². The fraction of sp³-hybridized carbons (Fsp3) is 0.333. The van der Waals surface area contributed by atoms with E-state index in [0.29, 0.717) is 44.3 Å². The van der Waals surface area contributed by atoms with Gasteiger partial charge in [0.05, 0.1) is 6.54 Å². The number of amides is 3. The molecule has 1 aliphatic heterocycles. The molecule has 7 heteroatoms. The van der Waals surface area contributed by atoms with E-state index in [0.717, 1.165) is 11.3 Å². The van der Waals surface area contributed by atoms with Gasteiger partial charge in [0.15, 0.2) is 0 Å². The molecule has 0 atom stereocenters. The monoisotopic (exact) mass is 400 g/mol. The van der Waals surface area contributed by atoms with E-state index >= 15 is 0 Å². The zero-order valence-corrected chi connectivity index (χ0v) is 16.7. The quantitative estimate of drug-likeness (QED) is 0.838. The number of carbonyl (C=O) groups is 2. The molecule has 0 unspecified atom stereocenters. The molecule has 3 rings (SSSR count). The molecule has 1 saturated heterocycles. The zero-order chi connectivity index (χ0) is 19.9. The maximum absolute atomic E-state index is 12.6. The number of benzene rings is 2. The number of para-hydroxylation sites is 1. The van der Waals surface area contributed by atoms with Gasteiger partial charge in [0.1, 0.15) is 0 Å². The van der Waals surface area contributed by atoms with E-state index in [1.807, 2.05) is 71.4 Å². The van der Waals surface area contributed by atoms with Gasteiger partial charge in [-0.15, -0.1) is 0 Å². The van der Waals surface area contributed by atoms with E-state index in [-0.39, 0.29) is 11.9 Å². The number of urea groups is 1. The summed E-state index contributed by atoms with van der Waals surface area (Å²) in [4.78, 5) is 30.5. The second kappa shape index (κ2) is 9.57. The number of hydrogen-bond donors (Lipinski definition) is 1. The Kier molecular flexibility index (Phi) is 6.90. The van der Waals surface area contributed by atoms with Crippen LogP contribution in [-0.2, 0) is 11.3 Å². The maximum atomic E-state index is 12.6. The molecule has 0 bridgehead atoms. The fourth-order valence-corrected chi connectivity index (χ4v) is 3.30. The number of carbonyl (C=O) groups excluding carboxylic acids is 2. The minimum Gasteiger partial charge on any atom is -0.338 e. The molecular weight excluding hydrogens is 376 g/mol. The first kappa shape index (κ1) is 20.2. The summed E-state index contributed by atoms with van der Waals surface area (Å²) in [6.07, 6.45) is 0. The first-order chi connectivity index (χ1) is 13.5.